The molecule has 3 atom stereocenters. The average Bonchev–Trinajstić information content (AvgIpc) is 2.47. The second-order valence-corrected chi connectivity index (χ2v) is 6.59. The zero-order valence-corrected chi connectivity index (χ0v) is 11.6. The number of halogens is 3. The van der Waals surface area contributed by atoms with Crippen molar-refractivity contribution in [3.8, 4) is 0 Å². The maximum Gasteiger partial charge on any atom is 0.109 e. The highest BCUT2D eigenvalue weighted by Crippen LogP contribution is 2.49. The Kier molecular flexibility index (Phi) is 4.02. The Morgan fingerprint density at radius 3 is 2.14 bits per heavy atom. The number of nitrogens with two attached hydrogens (primary N) is 1. The van der Waals surface area contributed by atoms with Gasteiger partial charge in [-0.1, -0.05) is 0 Å². The van der Waals surface area contributed by atoms with E-state index >= 15 is 0 Å². The van der Waals surface area contributed by atoms with Crippen LogP contribution in [0.2, 0.25) is 0 Å². The summed E-state index contributed by atoms with van der Waals surface area (Å²) in [7, 11) is 0. The van der Waals surface area contributed by atoms with E-state index in [9.17, 15) is 10.2 Å². The molecule has 7 heteroatoms. The van der Waals surface area contributed by atoms with Gasteiger partial charge in [0.1, 0.15) is 12.2 Å². The van der Waals surface area contributed by atoms with E-state index < -0.39 is 18.2 Å². The highest BCUT2D eigenvalue weighted by molar-refractivity contribution is 9.12. The quantitative estimate of drug-likeness (QED) is 0.660. The van der Waals surface area contributed by atoms with E-state index in [0.29, 0.717) is 0 Å². The molecule has 0 spiro atoms. The van der Waals surface area contributed by atoms with Gasteiger partial charge in [-0.3, -0.25) is 0 Å². The van der Waals surface area contributed by atoms with Crippen LogP contribution in [-0.2, 0) is 0 Å². The zero-order chi connectivity index (χ0) is 9.75. The number of hydrogen-bond donors (Lipinski definition) is 3. The minimum absolute atomic E-state index is 0. The number of rotatable bonds is 0. The highest BCUT2D eigenvalue weighted by Gasteiger charge is 2.41. The third-order valence-corrected chi connectivity index (χ3v) is 4.84. The fourth-order valence-corrected chi connectivity index (χ4v) is 4.93. The van der Waals surface area contributed by atoms with Gasteiger partial charge in [0.15, 0.2) is 0 Å². The molecule has 0 fully saturated rings. The van der Waals surface area contributed by atoms with Gasteiger partial charge in [-0.2, -0.15) is 0 Å². The van der Waals surface area contributed by atoms with Crippen LogP contribution in [0.4, 0.5) is 0 Å². The Morgan fingerprint density at radius 2 is 1.64 bits per heavy atom. The molecule has 1 aromatic heterocycles. The van der Waals surface area contributed by atoms with Crippen molar-refractivity contribution in [2.45, 2.75) is 18.2 Å². The van der Waals surface area contributed by atoms with Gasteiger partial charge in [0, 0.05) is 11.1 Å². The van der Waals surface area contributed by atoms with E-state index in [1.807, 2.05) is 0 Å². The second-order valence-electron chi connectivity index (χ2n) is 2.94. The number of thiophene rings is 1. The molecule has 3 nitrogen and oxygen atoms in total. The molecule has 14 heavy (non-hydrogen) atoms. The predicted octanol–water partition coefficient (Wildman–Crippen LogP) is 2.10. The lowest BCUT2D eigenvalue weighted by atomic mass is 10.2. The van der Waals surface area contributed by atoms with E-state index in [-0.39, 0.29) is 12.4 Å². The van der Waals surface area contributed by atoms with Crippen LogP contribution in [0, 0.1) is 0 Å². The second kappa shape index (κ2) is 4.37. The van der Waals surface area contributed by atoms with Crippen molar-refractivity contribution < 1.29 is 10.2 Å². The summed E-state index contributed by atoms with van der Waals surface area (Å²) in [6, 6.07) is -0.498. The van der Waals surface area contributed by atoms with Crippen molar-refractivity contribution >= 4 is 55.6 Å². The van der Waals surface area contributed by atoms with Crippen LogP contribution < -0.4 is 5.73 Å². The smallest absolute Gasteiger partial charge is 0.109 e. The molecule has 0 amide bonds. The molecule has 0 saturated carbocycles. The van der Waals surface area contributed by atoms with E-state index in [2.05, 4.69) is 31.9 Å². The van der Waals surface area contributed by atoms with Gasteiger partial charge in [-0.05, 0) is 31.9 Å². The van der Waals surface area contributed by atoms with Crippen molar-refractivity contribution in [1.82, 2.24) is 0 Å². The van der Waals surface area contributed by atoms with Crippen LogP contribution in [0.15, 0.2) is 7.57 Å². The van der Waals surface area contributed by atoms with Crippen LogP contribution >= 0.6 is 55.6 Å². The number of aliphatic hydroxyl groups is 2. The predicted molar refractivity (Wildman–Crippen MR) is 64.9 cm³/mol. The maximum atomic E-state index is 9.64. The topological polar surface area (TPSA) is 66.5 Å². The summed E-state index contributed by atoms with van der Waals surface area (Å²) in [6.07, 6.45) is -1.77. The third-order valence-electron chi connectivity index (χ3n) is 2.21. The molecule has 1 aliphatic carbocycles. The number of aliphatic hydroxyl groups excluding tert-OH is 2. The summed E-state index contributed by atoms with van der Waals surface area (Å²) in [6.45, 7) is 0. The normalized spacial score (nSPS) is 29.9. The number of fused-ring (bicyclic) bond motifs is 1. The molecule has 0 aromatic carbocycles. The van der Waals surface area contributed by atoms with Gasteiger partial charge in [-0.15, -0.1) is 23.7 Å². The Labute approximate surface area is 108 Å². The number of hydrogen-bond acceptors (Lipinski definition) is 4. The van der Waals surface area contributed by atoms with Crippen molar-refractivity contribution in [3.05, 3.63) is 18.7 Å². The highest BCUT2D eigenvalue weighted by atomic mass is 79.9. The Hall–Kier alpha value is 0.830. The van der Waals surface area contributed by atoms with E-state index in [4.69, 9.17) is 5.73 Å². The van der Waals surface area contributed by atoms with E-state index in [0.717, 1.165) is 18.7 Å². The molecule has 0 saturated heterocycles. The van der Waals surface area contributed by atoms with Gasteiger partial charge in [0.25, 0.3) is 0 Å². The van der Waals surface area contributed by atoms with Crippen LogP contribution in [0.5, 0.6) is 0 Å². The summed E-state index contributed by atoms with van der Waals surface area (Å²) in [5.74, 6) is 0. The van der Waals surface area contributed by atoms with Gasteiger partial charge < -0.3 is 15.9 Å². The Balaban J connectivity index is 0.000000980. The summed E-state index contributed by atoms with van der Waals surface area (Å²) < 4.78 is 1.70. The molecule has 2 rings (SSSR count). The van der Waals surface area contributed by atoms with Crippen LogP contribution in [0.1, 0.15) is 23.3 Å². The molecule has 1 heterocycles. The third kappa shape index (κ3) is 1.67. The first-order valence-electron chi connectivity index (χ1n) is 3.63. The summed E-state index contributed by atoms with van der Waals surface area (Å²) in [5, 5.41) is 19.2. The molecule has 0 radical (unpaired) electrons. The van der Waals surface area contributed by atoms with Gasteiger partial charge in [0.05, 0.1) is 13.6 Å². The lowest BCUT2D eigenvalue weighted by Gasteiger charge is -2.12. The SMILES string of the molecule is Cl.N[C@@H]1c2c(Br)sc(Br)c2[C@H](O)[C@@H]1O. The fraction of sp³-hybridized carbons (Fsp3) is 0.429. The van der Waals surface area contributed by atoms with Crippen LogP contribution in [0.25, 0.3) is 0 Å². The summed E-state index contributed by atoms with van der Waals surface area (Å²) in [4.78, 5) is 0. The molecular formula is C7H8Br2ClNO2S. The molecule has 0 bridgehead atoms. The molecule has 1 aliphatic rings. The van der Waals surface area contributed by atoms with E-state index in [1.54, 1.807) is 0 Å². The zero-order valence-electron chi connectivity index (χ0n) is 6.78. The van der Waals surface area contributed by atoms with Crippen LogP contribution in [-0.4, -0.2) is 16.3 Å². The van der Waals surface area contributed by atoms with Crippen LogP contribution in [0.3, 0.4) is 0 Å². The Bertz CT molecular complexity index is 329. The summed E-state index contributed by atoms with van der Waals surface area (Å²) >= 11 is 8.14. The molecular weight excluding hydrogens is 357 g/mol. The standard InChI is InChI=1S/C7H7Br2NO2S.ClH/c8-6-1-2(7(9)13-6)4(11)5(12)3(1)10;/h3-5,11-12H,10H2;1H/t3-,4+,5-;/m1./s1. The molecule has 0 unspecified atom stereocenters. The molecule has 80 valence electrons. The van der Waals surface area contributed by atoms with Gasteiger partial charge >= 0.3 is 0 Å². The lowest BCUT2D eigenvalue weighted by molar-refractivity contribution is 0.0178. The maximum absolute atomic E-state index is 9.64. The van der Waals surface area contributed by atoms with Crippen molar-refractivity contribution in [2.75, 3.05) is 0 Å². The van der Waals surface area contributed by atoms with Crippen molar-refractivity contribution in [3.63, 3.8) is 0 Å². The first kappa shape index (κ1) is 12.9. The van der Waals surface area contributed by atoms with Gasteiger partial charge in [0.2, 0.25) is 0 Å². The molecule has 1 aromatic rings. The first-order chi connectivity index (χ1) is 6.04. The molecule has 0 aliphatic heterocycles. The first-order valence-corrected chi connectivity index (χ1v) is 6.03. The monoisotopic (exact) mass is 363 g/mol. The minimum Gasteiger partial charge on any atom is -0.388 e. The fourth-order valence-electron chi connectivity index (χ4n) is 1.52. The Morgan fingerprint density at radius 1 is 1.14 bits per heavy atom. The molecule has 4 N–H and O–H groups in total. The van der Waals surface area contributed by atoms with Crippen molar-refractivity contribution in [1.29, 1.82) is 0 Å². The largest absolute Gasteiger partial charge is 0.388 e. The summed E-state index contributed by atoms with van der Waals surface area (Å²) in [5.41, 5.74) is 7.28. The minimum atomic E-state index is -0.897. The van der Waals surface area contributed by atoms with Gasteiger partial charge in [-0.25, -0.2) is 0 Å². The van der Waals surface area contributed by atoms with E-state index in [1.165, 1.54) is 11.3 Å². The lowest BCUT2D eigenvalue weighted by Crippen LogP contribution is -2.24. The average molecular weight is 365 g/mol. The van der Waals surface area contributed by atoms with Crippen molar-refractivity contribution in [2.24, 2.45) is 5.73 Å².